The number of halogens is 4. The number of para-hydroxylation sites is 2. The summed E-state index contributed by atoms with van der Waals surface area (Å²) < 4.78 is 59.4. The van der Waals surface area contributed by atoms with Crippen molar-refractivity contribution in [1.82, 2.24) is 4.98 Å². The van der Waals surface area contributed by atoms with Crippen molar-refractivity contribution >= 4 is 11.6 Å². The van der Waals surface area contributed by atoms with Gasteiger partial charge in [-0.3, -0.25) is 4.79 Å². The van der Waals surface area contributed by atoms with Gasteiger partial charge in [0.05, 0.1) is 23.4 Å². The molecule has 0 radical (unpaired) electrons. The second-order valence-corrected chi connectivity index (χ2v) is 6.12. The number of hydrogen-bond donors (Lipinski definition) is 0. The molecule has 2 heterocycles. The van der Waals surface area contributed by atoms with Crippen LogP contribution in [0.3, 0.4) is 0 Å². The molecule has 0 aliphatic carbocycles. The van der Waals surface area contributed by atoms with Gasteiger partial charge < -0.3 is 9.64 Å². The fourth-order valence-electron chi connectivity index (χ4n) is 3.03. The third-order valence-corrected chi connectivity index (χ3v) is 4.30. The summed E-state index contributed by atoms with van der Waals surface area (Å²) in [6.45, 7) is -0.0479. The van der Waals surface area contributed by atoms with Crippen LogP contribution in [0.4, 0.5) is 23.2 Å². The Labute approximate surface area is 157 Å². The maximum Gasteiger partial charge on any atom is 0.417 e. The van der Waals surface area contributed by atoms with Crippen LogP contribution in [-0.4, -0.2) is 10.9 Å². The number of benzene rings is 2. The van der Waals surface area contributed by atoms with E-state index in [0.29, 0.717) is 17.3 Å². The number of anilines is 1. The number of alkyl halides is 3. The number of ether oxygens (including phenoxy) is 1. The van der Waals surface area contributed by atoms with Crippen molar-refractivity contribution < 1.29 is 27.1 Å². The standard InChI is InChI=1S/C20H12F4N2O2/c21-13-7-8-14(15(10-13)20(22,23)24)19(27)26-11-12-4-3-9-25-18(12)28-17-6-2-1-5-16(17)26/h1-10H,11H2. The van der Waals surface area contributed by atoms with E-state index in [1.807, 2.05) is 0 Å². The molecule has 0 spiro atoms. The zero-order valence-corrected chi connectivity index (χ0v) is 14.2. The number of carbonyl (C=O) groups excluding carboxylic acids is 1. The maximum absolute atomic E-state index is 13.4. The Morgan fingerprint density at radius 3 is 2.64 bits per heavy atom. The van der Waals surface area contributed by atoms with Gasteiger partial charge in [0.2, 0.25) is 5.88 Å². The van der Waals surface area contributed by atoms with Gasteiger partial charge in [0.25, 0.3) is 5.91 Å². The average Bonchev–Trinajstić information content (AvgIpc) is 2.83. The molecule has 1 aliphatic rings. The van der Waals surface area contributed by atoms with Gasteiger partial charge in [0.15, 0.2) is 5.75 Å². The lowest BCUT2D eigenvalue weighted by molar-refractivity contribution is -0.138. The van der Waals surface area contributed by atoms with Crippen molar-refractivity contribution in [2.45, 2.75) is 12.7 Å². The topological polar surface area (TPSA) is 42.4 Å². The molecule has 0 saturated heterocycles. The van der Waals surface area contributed by atoms with Crippen LogP contribution >= 0.6 is 0 Å². The van der Waals surface area contributed by atoms with Gasteiger partial charge in [-0.15, -0.1) is 0 Å². The quantitative estimate of drug-likeness (QED) is 0.539. The van der Waals surface area contributed by atoms with E-state index in [9.17, 15) is 22.4 Å². The largest absolute Gasteiger partial charge is 0.436 e. The molecule has 0 unspecified atom stereocenters. The summed E-state index contributed by atoms with van der Waals surface area (Å²) in [5, 5.41) is 0. The Hall–Kier alpha value is -3.42. The van der Waals surface area contributed by atoms with Crippen molar-refractivity contribution in [1.29, 1.82) is 0 Å². The highest BCUT2D eigenvalue weighted by atomic mass is 19.4. The molecule has 3 aromatic rings. The fourth-order valence-corrected chi connectivity index (χ4v) is 3.03. The number of fused-ring (bicyclic) bond motifs is 2. The minimum atomic E-state index is -4.88. The maximum atomic E-state index is 13.4. The monoisotopic (exact) mass is 388 g/mol. The van der Waals surface area contributed by atoms with Crippen LogP contribution in [0.15, 0.2) is 60.8 Å². The molecule has 142 valence electrons. The number of pyridine rings is 1. The van der Waals surface area contributed by atoms with Gasteiger partial charge in [0, 0.05) is 11.8 Å². The molecule has 0 atom stereocenters. The molecule has 2 aromatic carbocycles. The zero-order valence-electron chi connectivity index (χ0n) is 14.2. The Bertz CT molecular complexity index is 1070. The molecular formula is C20H12F4N2O2. The molecule has 0 fully saturated rings. The van der Waals surface area contributed by atoms with Crippen LogP contribution in [-0.2, 0) is 12.7 Å². The van der Waals surface area contributed by atoms with Crippen molar-refractivity contribution in [3.63, 3.8) is 0 Å². The third kappa shape index (κ3) is 3.17. The molecule has 4 rings (SSSR count). The summed E-state index contributed by atoms with van der Waals surface area (Å²) in [7, 11) is 0. The smallest absolute Gasteiger partial charge is 0.417 e. The first kappa shape index (κ1) is 18.0. The number of rotatable bonds is 1. The SMILES string of the molecule is O=C(c1ccc(F)cc1C(F)(F)F)N1Cc2cccnc2Oc2ccccc21. The first-order valence-corrected chi connectivity index (χ1v) is 8.24. The number of hydrogen-bond acceptors (Lipinski definition) is 3. The van der Waals surface area contributed by atoms with Crippen molar-refractivity contribution in [3.8, 4) is 11.6 Å². The summed E-state index contributed by atoms with van der Waals surface area (Å²) in [4.78, 5) is 18.4. The molecule has 1 amide bonds. The first-order valence-electron chi connectivity index (χ1n) is 8.24. The van der Waals surface area contributed by atoms with Crippen LogP contribution in [0.25, 0.3) is 0 Å². The number of aromatic nitrogens is 1. The Balaban J connectivity index is 1.86. The van der Waals surface area contributed by atoms with Gasteiger partial charge in [-0.1, -0.05) is 18.2 Å². The predicted molar refractivity (Wildman–Crippen MR) is 92.7 cm³/mol. The molecule has 0 saturated carbocycles. The number of nitrogens with zero attached hydrogens (tertiary/aromatic N) is 2. The van der Waals surface area contributed by atoms with E-state index < -0.39 is 29.0 Å². The van der Waals surface area contributed by atoms with Gasteiger partial charge >= 0.3 is 6.18 Å². The Morgan fingerprint density at radius 1 is 1.07 bits per heavy atom. The van der Waals surface area contributed by atoms with E-state index in [1.165, 1.54) is 11.1 Å². The first-order chi connectivity index (χ1) is 13.3. The van der Waals surface area contributed by atoms with E-state index in [-0.39, 0.29) is 18.2 Å². The van der Waals surface area contributed by atoms with Crippen molar-refractivity contribution in [2.75, 3.05) is 4.90 Å². The average molecular weight is 388 g/mol. The highest BCUT2D eigenvalue weighted by Crippen LogP contribution is 2.40. The van der Waals surface area contributed by atoms with E-state index >= 15 is 0 Å². The highest BCUT2D eigenvalue weighted by Gasteiger charge is 2.38. The van der Waals surface area contributed by atoms with Crippen LogP contribution in [0.2, 0.25) is 0 Å². The lowest BCUT2D eigenvalue weighted by Crippen LogP contribution is -2.31. The third-order valence-electron chi connectivity index (χ3n) is 4.30. The summed E-state index contributed by atoms with van der Waals surface area (Å²) >= 11 is 0. The molecule has 0 N–H and O–H groups in total. The van der Waals surface area contributed by atoms with E-state index in [1.54, 1.807) is 36.4 Å². The minimum absolute atomic E-state index is 0.0479. The molecular weight excluding hydrogens is 376 g/mol. The van der Waals surface area contributed by atoms with Crippen LogP contribution in [0.1, 0.15) is 21.5 Å². The predicted octanol–water partition coefficient (Wildman–Crippen LogP) is 5.19. The molecule has 8 heteroatoms. The van der Waals surface area contributed by atoms with Crippen molar-refractivity contribution in [3.05, 3.63) is 83.3 Å². The zero-order chi connectivity index (χ0) is 19.9. The van der Waals surface area contributed by atoms with E-state index in [0.717, 1.165) is 12.1 Å². The Morgan fingerprint density at radius 2 is 1.86 bits per heavy atom. The lowest BCUT2D eigenvalue weighted by Gasteiger charge is -2.23. The minimum Gasteiger partial charge on any atom is -0.436 e. The van der Waals surface area contributed by atoms with Crippen LogP contribution < -0.4 is 9.64 Å². The summed E-state index contributed by atoms with van der Waals surface area (Å²) in [6, 6.07) is 11.8. The Kier molecular flexibility index (Phi) is 4.26. The summed E-state index contributed by atoms with van der Waals surface area (Å²) in [6.07, 6.45) is -3.37. The normalized spacial score (nSPS) is 13.2. The van der Waals surface area contributed by atoms with E-state index in [2.05, 4.69) is 4.98 Å². The molecule has 4 nitrogen and oxygen atoms in total. The van der Waals surface area contributed by atoms with Gasteiger partial charge in [-0.2, -0.15) is 13.2 Å². The molecule has 1 aliphatic heterocycles. The summed E-state index contributed by atoms with van der Waals surface area (Å²) in [5.41, 5.74) is -1.15. The second-order valence-electron chi connectivity index (χ2n) is 6.12. The van der Waals surface area contributed by atoms with Crippen molar-refractivity contribution in [2.24, 2.45) is 0 Å². The van der Waals surface area contributed by atoms with Gasteiger partial charge in [-0.05, 0) is 36.4 Å². The van der Waals surface area contributed by atoms with Crippen LogP contribution in [0.5, 0.6) is 11.6 Å². The molecule has 0 bridgehead atoms. The molecule has 28 heavy (non-hydrogen) atoms. The summed E-state index contributed by atoms with van der Waals surface area (Å²) in [5.74, 6) is -1.44. The number of carbonyl (C=O) groups is 1. The molecule has 1 aromatic heterocycles. The van der Waals surface area contributed by atoms with Gasteiger partial charge in [0.1, 0.15) is 5.82 Å². The van der Waals surface area contributed by atoms with Crippen LogP contribution in [0, 0.1) is 5.82 Å². The highest BCUT2D eigenvalue weighted by molar-refractivity contribution is 6.08. The van der Waals surface area contributed by atoms with E-state index in [4.69, 9.17) is 4.74 Å². The van der Waals surface area contributed by atoms with Gasteiger partial charge in [-0.25, -0.2) is 9.37 Å². The second kappa shape index (κ2) is 6.63. The fraction of sp³-hybridized carbons (Fsp3) is 0.100. The number of amides is 1. The lowest BCUT2D eigenvalue weighted by atomic mass is 10.0.